The predicted octanol–water partition coefficient (Wildman–Crippen LogP) is 2.87. The summed E-state index contributed by atoms with van der Waals surface area (Å²) in [6, 6.07) is 9.73. The van der Waals surface area contributed by atoms with Gasteiger partial charge in [-0.1, -0.05) is 36.8 Å². The highest BCUT2D eigenvalue weighted by Crippen LogP contribution is 2.19. The zero-order valence-corrected chi connectivity index (χ0v) is 12.3. The molecule has 0 aliphatic carbocycles. The highest BCUT2D eigenvalue weighted by Gasteiger charge is 2.33. The standard InChI is InChI=1S/C17H23NO3/c19-16(18-13-7-11-15(18)17(20)21)12-6-2-5-10-14-8-3-1-4-9-14/h1,3-4,8-9,15H,2,5-7,10-13H2,(H,20,21)/t15-/m0/s1. The number of carboxylic acid groups (broad SMARTS) is 1. The Morgan fingerprint density at radius 3 is 2.62 bits per heavy atom. The van der Waals surface area contributed by atoms with E-state index in [4.69, 9.17) is 5.11 Å². The van der Waals surface area contributed by atoms with E-state index in [1.807, 2.05) is 18.2 Å². The molecule has 1 aromatic rings. The van der Waals surface area contributed by atoms with Crippen LogP contribution in [0.4, 0.5) is 0 Å². The number of nitrogens with zero attached hydrogens (tertiary/aromatic N) is 1. The second kappa shape index (κ2) is 7.81. The van der Waals surface area contributed by atoms with E-state index in [9.17, 15) is 9.59 Å². The SMILES string of the molecule is O=C(O)[C@@H]1CCCN1C(=O)CCCCCc1ccccc1. The summed E-state index contributed by atoms with van der Waals surface area (Å²) in [6.45, 7) is 0.597. The molecule has 0 bridgehead atoms. The van der Waals surface area contributed by atoms with Crippen molar-refractivity contribution in [2.75, 3.05) is 6.54 Å². The van der Waals surface area contributed by atoms with Gasteiger partial charge in [0, 0.05) is 13.0 Å². The lowest BCUT2D eigenvalue weighted by Crippen LogP contribution is -2.40. The molecule has 4 nitrogen and oxygen atoms in total. The van der Waals surface area contributed by atoms with Crippen LogP contribution in [0.25, 0.3) is 0 Å². The maximum atomic E-state index is 12.1. The van der Waals surface area contributed by atoms with E-state index in [0.717, 1.165) is 32.1 Å². The molecule has 1 amide bonds. The molecule has 1 aliphatic rings. The van der Waals surface area contributed by atoms with Crippen molar-refractivity contribution in [3.05, 3.63) is 35.9 Å². The molecule has 0 saturated carbocycles. The van der Waals surface area contributed by atoms with Crippen LogP contribution in [-0.2, 0) is 16.0 Å². The van der Waals surface area contributed by atoms with E-state index in [1.54, 1.807) is 4.90 Å². The molecule has 0 spiro atoms. The van der Waals surface area contributed by atoms with Crippen LogP contribution >= 0.6 is 0 Å². The Kier molecular flexibility index (Phi) is 5.78. The third-order valence-corrected chi connectivity index (χ3v) is 4.06. The Balaban J connectivity index is 1.64. The molecule has 1 aromatic carbocycles. The van der Waals surface area contributed by atoms with Crippen LogP contribution in [0.2, 0.25) is 0 Å². The fourth-order valence-corrected chi connectivity index (χ4v) is 2.89. The van der Waals surface area contributed by atoms with Crippen LogP contribution < -0.4 is 0 Å². The van der Waals surface area contributed by atoms with Gasteiger partial charge in [-0.05, 0) is 37.7 Å². The number of amides is 1. The van der Waals surface area contributed by atoms with Crippen molar-refractivity contribution in [3.63, 3.8) is 0 Å². The number of aliphatic carboxylic acids is 1. The molecule has 0 aromatic heterocycles. The minimum atomic E-state index is -0.870. The lowest BCUT2D eigenvalue weighted by Gasteiger charge is -2.21. The molecular formula is C17H23NO3. The zero-order valence-electron chi connectivity index (χ0n) is 12.3. The van der Waals surface area contributed by atoms with Crippen molar-refractivity contribution < 1.29 is 14.7 Å². The van der Waals surface area contributed by atoms with E-state index in [1.165, 1.54) is 5.56 Å². The summed E-state index contributed by atoms with van der Waals surface area (Å²) in [4.78, 5) is 24.7. The second-order valence-electron chi connectivity index (χ2n) is 5.63. The number of aryl methyl sites for hydroxylation is 1. The van der Waals surface area contributed by atoms with E-state index in [-0.39, 0.29) is 5.91 Å². The van der Waals surface area contributed by atoms with Gasteiger partial charge in [0.2, 0.25) is 5.91 Å². The van der Waals surface area contributed by atoms with Crippen LogP contribution in [0.3, 0.4) is 0 Å². The zero-order chi connectivity index (χ0) is 15.1. The van der Waals surface area contributed by atoms with Gasteiger partial charge in [0.1, 0.15) is 6.04 Å². The summed E-state index contributed by atoms with van der Waals surface area (Å²) in [5.74, 6) is -0.871. The lowest BCUT2D eigenvalue weighted by molar-refractivity contribution is -0.148. The summed E-state index contributed by atoms with van der Waals surface area (Å²) < 4.78 is 0. The summed E-state index contributed by atoms with van der Waals surface area (Å²) >= 11 is 0. The van der Waals surface area contributed by atoms with Gasteiger partial charge in [0.25, 0.3) is 0 Å². The number of unbranched alkanes of at least 4 members (excludes halogenated alkanes) is 2. The smallest absolute Gasteiger partial charge is 0.326 e. The summed E-state index contributed by atoms with van der Waals surface area (Å²) in [7, 11) is 0. The predicted molar refractivity (Wildman–Crippen MR) is 81.0 cm³/mol. The first-order valence-electron chi connectivity index (χ1n) is 7.74. The number of hydrogen-bond donors (Lipinski definition) is 1. The molecule has 1 N–H and O–H groups in total. The van der Waals surface area contributed by atoms with Gasteiger partial charge >= 0.3 is 5.97 Å². The average Bonchev–Trinajstić information content (AvgIpc) is 2.97. The largest absolute Gasteiger partial charge is 0.480 e. The molecule has 1 saturated heterocycles. The van der Waals surface area contributed by atoms with Gasteiger partial charge in [-0.2, -0.15) is 0 Å². The number of carbonyl (C=O) groups excluding carboxylic acids is 1. The highest BCUT2D eigenvalue weighted by molar-refractivity contribution is 5.84. The normalized spacial score (nSPS) is 17.9. The Morgan fingerprint density at radius 2 is 1.90 bits per heavy atom. The Bertz CT molecular complexity index is 472. The molecule has 1 atom stereocenters. The summed E-state index contributed by atoms with van der Waals surface area (Å²) in [5.41, 5.74) is 1.33. The first-order chi connectivity index (χ1) is 10.2. The Morgan fingerprint density at radius 1 is 1.14 bits per heavy atom. The van der Waals surface area contributed by atoms with Crippen molar-refractivity contribution in [2.45, 2.75) is 51.0 Å². The highest BCUT2D eigenvalue weighted by atomic mass is 16.4. The van der Waals surface area contributed by atoms with Crippen LogP contribution in [0, 0.1) is 0 Å². The van der Waals surface area contributed by atoms with Crippen molar-refractivity contribution in [1.82, 2.24) is 4.90 Å². The molecular weight excluding hydrogens is 266 g/mol. The second-order valence-corrected chi connectivity index (χ2v) is 5.63. The average molecular weight is 289 g/mol. The van der Waals surface area contributed by atoms with Crippen molar-refractivity contribution >= 4 is 11.9 Å². The van der Waals surface area contributed by atoms with Crippen molar-refractivity contribution in [3.8, 4) is 0 Å². The van der Waals surface area contributed by atoms with Crippen LogP contribution in [0.1, 0.15) is 44.1 Å². The maximum Gasteiger partial charge on any atom is 0.326 e. The monoisotopic (exact) mass is 289 g/mol. The number of hydrogen-bond acceptors (Lipinski definition) is 2. The molecule has 0 unspecified atom stereocenters. The number of rotatable bonds is 7. The van der Waals surface area contributed by atoms with Gasteiger partial charge < -0.3 is 10.0 Å². The number of likely N-dealkylation sites (tertiary alicyclic amines) is 1. The van der Waals surface area contributed by atoms with Gasteiger partial charge in [-0.3, -0.25) is 4.79 Å². The van der Waals surface area contributed by atoms with E-state index < -0.39 is 12.0 Å². The fraction of sp³-hybridized carbons (Fsp3) is 0.529. The van der Waals surface area contributed by atoms with Gasteiger partial charge in [0.15, 0.2) is 0 Å². The lowest BCUT2D eigenvalue weighted by atomic mass is 10.1. The van der Waals surface area contributed by atoms with E-state index in [0.29, 0.717) is 19.4 Å². The van der Waals surface area contributed by atoms with Crippen LogP contribution in [0.15, 0.2) is 30.3 Å². The molecule has 2 rings (SSSR count). The first kappa shape index (κ1) is 15.5. The quantitative estimate of drug-likeness (QED) is 0.785. The Hall–Kier alpha value is -1.84. The number of benzene rings is 1. The van der Waals surface area contributed by atoms with E-state index in [2.05, 4.69) is 12.1 Å². The molecule has 1 heterocycles. The van der Waals surface area contributed by atoms with Crippen LogP contribution in [0.5, 0.6) is 0 Å². The molecule has 1 fully saturated rings. The minimum Gasteiger partial charge on any atom is -0.480 e. The molecule has 114 valence electrons. The van der Waals surface area contributed by atoms with Gasteiger partial charge in [0.05, 0.1) is 0 Å². The number of carboxylic acids is 1. The minimum absolute atomic E-state index is 0.000360. The summed E-state index contributed by atoms with van der Waals surface area (Å²) in [6.07, 6.45) is 5.82. The van der Waals surface area contributed by atoms with Crippen molar-refractivity contribution in [1.29, 1.82) is 0 Å². The van der Waals surface area contributed by atoms with Crippen LogP contribution in [-0.4, -0.2) is 34.5 Å². The molecule has 4 heteroatoms. The molecule has 0 radical (unpaired) electrons. The van der Waals surface area contributed by atoms with E-state index >= 15 is 0 Å². The Labute approximate surface area is 125 Å². The van der Waals surface area contributed by atoms with Gasteiger partial charge in [-0.25, -0.2) is 4.79 Å². The molecule has 1 aliphatic heterocycles. The third-order valence-electron chi connectivity index (χ3n) is 4.06. The van der Waals surface area contributed by atoms with Gasteiger partial charge in [-0.15, -0.1) is 0 Å². The first-order valence-corrected chi connectivity index (χ1v) is 7.74. The third kappa shape index (κ3) is 4.59. The summed E-state index contributed by atoms with van der Waals surface area (Å²) in [5, 5.41) is 9.07. The fourth-order valence-electron chi connectivity index (χ4n) is 2.89. The topological polar surface area (TPSA) is 57.6 Å². The molecule has 21 heavy (non-hydrogen) atoms. The number of carbonyl (C=O) groups is 2. The van der Waals surface area contributed by atoms with Crippen molar-refractivity contribution in [2.24, 2.45) is 0 Å². The maximum absolute atomic E-state index is 12.1.